The lowest BCUT2D eigenvalue weighted by atomic mass is 10.0. The van der Waals surface area contributed by atoms with E-state index in [-0.39, 0.29) is 12.1 Å². The number of urea groups is 1. The van der Waals surface area contributed by atoms with Crippen molar-refractivity contribution < 1.29 is 14.7 Å². The molecule has 2 unspecified atom stereocenters. The van der Waals surface area contributed by atoms with Gasteiger partial charge >= 0.3 is 12.0 Å². The van der Waals surface area contributed by atoms with E-state index in [1.165, 1.54) is 18.9 Å². The van der Waals surface area contributed by atoms with Gasteiger partial charge in [-0.2, -0.15) is 0 Å². The van der Waals surface area contributed by atoms with Crippen LogP contribution in [0.15, 0.2) is 0 Å². The third kappa shape index (κ3) is 6.14. The first-order chi connectivity index (χ1) is 7.75. The number of hydrogen-bond acceptors (Lipinski definition) is 2. The van der Waals surface area contributed by atoms with E-state index in [1.807, 2.05) is 6.92 Å². The molecule has 0 aliphatic carbocycles. The maximum Gasteiger partial charge on any atom is 0.326 e. The van der Waals surface area contributed by atoms with E-state index in [1.54, 1.807) is 0 Å². The maximum absolute atomic E-state index is 11.7. The topological polar surface area (TPSA) is 69.6 Å². The van der Waals surface area contributed by atoms with Crippen molar-refractivity contribution in [2.75, 3.05) is 7.05 Å². The number of likely N-dealkylation sites (N-methyl/N-ethyl adjacent to an activating group) is 1. The highest BCUT2D eigenvalue weighted by molar-refractivity contribution is 5.82. The summed E-state index contributed by atoms with van der Waals surface area (Å²) in [6.07, 6.45) is 1.94. The second-order valence-corrected chi connectivity index (χ2v) is 4.95. The lowest BCUT2D eigenvalue weighted by Crippen LogP contribution is -2.48. The summed E-state index contributed by atoms with van der Waals surface area (Å²) in [5.41, 5.74) is 0. The van der Waals surface area contributed by atoms with Crippen LogP contribution in [0.4, 0.5) is 4.79 Å². The van der Waals surface area contributed by atoms with Crippen LogP contribution in [0.1, 0.15) is 40.5 Å². The highest BCUT2D eigenvalue weighted by Gasteiger charge is 2.22. The van der Waals surface area contributed by atoms with Gasteiger partial charge in [0.05, 0.1) is 0 Å². The van der Waals surface area contributed by atoms with Gasteiger partial charge in [0, 0.05) is 13.1 Å². The molecule has 0 bridgehead atoms. The first-order valence-corrected chi connectivity index (χ1v) is 6.01. The summed E-state index contributed by atoms with van der Waals surface area (Å²) in [5.74, 6) is -0.400. The average molecular weight is 244 g/mol. The smallest absolute Gasteiger partial charge is 0.326 e. The fourth-order valence-electron chi connectivity index (χ4n) is 1.31. The zero-order chi connectivity index (χ0) is 13.6. The summed E-state index contributed by atoms with van der Waals surface area (Å²) in [4.78, 5) is 23.6. The maximum atomic E-state index is 11.7. The molecule has 2 atom stereocenters. The van der Waals surface area contributed by atoms with Gasteiger partial charge < -0.3 is 15.3 Å². The van der Waals surface area contributed by atoms with Crippen molar-refractivity contribution in [1.82, 2.24) is 10.2 Å². The predicted molar refractivity (Wildman–Crippen MR) is 66.9 cm³/mol. The molecular formula is C12H24N2O3. The van der Waals surface area contributed by atoms with E-state index >= 15 is 0 Å². The predicted octanol–water partition coefficient (Wildman–Crippen LogP) is 1.93. The number of nitrogens with zero attached hydrogens (tertiary/aromatic N) is 1. The van der Waals surface area contributed by atoms with Crippen molar-refractivity contribution in [2.45, 2.75) is 52.6 Å². The van der Waals surface area contributed by atoms with E-state index in [0.29, 0.717) is 5.92 Å². The van der Waals surface area contributed by atoms with Crippen molar-refractivity contribution in [3.63, 3.8) is 0 Å². The molecule has 0 aliphatic rings. The number of hydrogen-bond donors (Lipinski definition) is 2. The zero-order valence-electron chi connectivity index (χ0n) is 11.4. The van der Waals surface area contributed by atoms with E-state index in [4.69, 9.17) is 5.11 Å². The van der Waals surface area contributed by atoms with Gasteiger partial charge in [-0.3, -0.25) is 0 Å². The van der Waals surface area contributed by atoms with Gasteiger partial charge in [-0.15, -0.1) is 0 Å². The fourth-order valence-corrected chi connectivity index (χ4v) is 1.31. The molecule has 0 radical (unpaired) electrons. The Kier molecular flexibility index (Phi) is 6.61. The van der Waals surface area contributed by atoms with E-state index in [9.17, 15) is 9.59 Å². The average Bonchev–Trinajstić information content (AvgIpc) is 2.23. The van der Waals surface area contributed by atoms with Crippen LogP contribution < -0.4 is 5.32 Å². The Bertz CT molecular complexity index is 266. The summed E-state index contributed by atoms with van der Waals surface area (Å²) >= 11 is 0. The molecule has 2 amide bonds. The van der Waals surface area contributed by atoms with Gasteiger partial charge in [0.1, 0.15) is 6.04 Å². The number of amides is 2. The number of carboxylic acids is 1. The van der Waals surface area contributed by atoms with Gasteiger partial charge in [-0.05, 0) is 32.6 Å². The number of aliphatic carboxylic acids is 1. The number of rotatable bonds is 6. The third-order valence-corrected chi connectivity index (χ3v) is 2.81. The fraction of sp³-hybridized carbons (Fsp3) is 0.833. The van der Waals surface area contributed by atoms with Crippen LogP contribution in [0.2, 0.25) is 0 Å². The van der Waals surface area contributed by atoms with Gasteiger partial charge in [0.25, 0.3) is 0 Å². The van der Waals surface area contributed by atoms with Crippen molar-refractivity contribution >= 4 is 12.0 Å². The molecule has 0 aromatic heterocycles. The van der Waals surface area contributed by atoms with Crippen molar-refractivity contribution in [3.8, 4) is 0 Å². The summed E-state index contributed by atoms with van der Waals surface area (Å²) in [7, 11) is 1.49. The van der Waals surface area contributed by atoms with Gasteiger partial charge in [-0.25, -0.2) is 9.59 Å². The van der Waals surface area contributed by atoms with Crippen LogP contribution >= 0.6 is 0 Å². The molecule has 0 heterocycles. The Balaban J connectivity index is 4.11. The molecule has 2 N–H and O–H groups in total. The Labute approximate surface area is 103 Å². The van der Waals surface area contributed by atoms with Crippen molar-refractivity contribution in [1.29, 1.82) is 0 Å². The monoisotopic (exact) mass is 244 g/mol. The molecule has 0 aromatic carbocycles. The number of carbonyl (C=O) groups excluding carboxylic acids is 1. The van der Waals surface area contributed by atoms with E-state index < -0.39 is 12.0 Å². The van der Waals surface area contributed by atoms with Crippen LogP contribution in [-0.4, -0.2) is 41.1 Å². The second-order valence-electron chi connectivity index (χ2n) is 4.95. The second kappa shape index (κ2) is 7.14. The van der Waals surface area contributed by atoms with Gasteiger partial charge in [0.2, 0.25) is 0 Å². The number of carboxylic acid groups (broad SMARTS) is 1. The minimum atomic E-state index is -1.00. The van der Waals surface area contributed by atoms with Gasteiger partial charge in [-0.1, -0.05) is 13.8 Å². The normalized spacial score (nSPS) is 14.2. The molecule has 0 aliphatic heterocycles. The van der Waals surface area contributed by atoms with Crippen LogP contribution in [-0.2, 0) is 4.79 Å². The van der Waals surface area contributed by atoms with E-state index in [0.717, 1.165) is 12.8 Å². The quantitative estimate of drug-likeness (QED) is 0.750. The molecule has 5 nitrogen and oxygen atoms in total. The summed E-state index contributed by atoms with van der Waals surface area (Å²) in [5, 5.41) is 11.6. The number of nitrogens with one attached hydrogen (secondary N) is 1. The Morgan fingerprint density at radius 2 is 1.71 bits per heavy atom. The van der Waals surface area contributed by atoms with E-state index in [2.05, 4.69) is 19.2 Å². The highest BCUT2D eigenvalue weighted by Crippen LogP contribution is 2.07. The summed E-state index contributed by atoms with van der Waals surface area (Å²) in [6.45, 7) is 7.68. The van der Waals surface area contributed by atoms with Crippen molar-refractivity contribution in [3.05, 3.63) is 0 Å². The molecular weight excluding hydrogens is 220 g/mol. The molecule has 5 heteroatoms. The van der Waals surface area contributed by atoms with Gasteiger partial charge in [0.15, 0.2) is 0 Å². The Morgan fingerprint density at radius 3 is 2.12 bits per heavy atom. The van der Waals surface area contributed by atoms with Crippen molar-refractivity contribution in [2.24, 2.45) is 5.92 Å². The first kappa shape index (κ1) is 15.7. The molecule has 100 valence electrons. The molecule has 0 saturated heterocycles. The third-order valence-electron chi connectivity index (χ3n) is 2.81. The summed E-state index contributed by atoms with van der Waals surface area (Å²) < 4.78 is 0. The number of carbonyl (C=O) groups is 2. The molecule has 0 rings (SSSR count). The first-order valence-electron chi connectivity index (χ1n) is 6.01. The minimum Gasteiger partial charge on any atom is -0.480 e. The molecule has 0 spiro atoms. The van der Waals surface area contributed by atoms with Crippen LogP contribution in [0.25, 0.3) is 0 Å². The minimum absolute atomic E-state index is 0.0633. The standard InChI is InChI=1S/C12H24N2O3/c1-8(2)6-7-9(3)13-12(17)14(5)10(4)11(15)16/h8-10H,6-7H2,1-5H3,(H,13,17)(H,15,16). The van der Waals surface area contributed by atoms with Crippen LogP contribution in [0.5, 0.6) is 0 Å². The Morgan fingerprint density at radius 1 is 1.18 bits per heavy atom. The zero-order valence-corrected chi connectivity index (χ0v) is 11.4. The largest absolute Gasteiger partial charge is 0.480 e. The van der Waals surface area contributed by atoms with Crippen LogP contribution in [0, 0.1) is 5.92 Å². The summed E-state index contributed by atoms with van der Waals surface area (Å²) in [6, 6.07) is -1.09. The molecule has 17 heavy (non-hydrogen) atoms. The lowest BCUT2D eigenvalue weighted by Gasteiger charge is -2.24. The molecule has 0 saturated carbocycles. The Hall–Kier alpha value is -1.26. The lowest BCUT2D eigenvalue weighted by molar-refractivity contribution is -0.141. The highest BCUT2D eigenvalue weighted by atomic mass is 16.4. The molecule has 0 fully saturated rings. The SMILES string of the molecule is CC(C)CCC(C)NC(=O)N(C)C(C)C(=O)O. The molecule has 0 aromatic rings. The van der Waals surface area contributed by atoms with Crippen LogP contribution in [0.3, 0.4) is 0 Å².